The topological polar surface area (TPSA) is 93.5 Å². The van der Waals surface area contributed by atoms with Crippen LogP contribution < -0.4 is 16.6 Å². The van der Waals surface area contributed by atoms with Crippen LogP contribution in [0.2, 0.25) is 0 Å². The summed E-state index contributed by atoms with van der Waals surface area (Å²) in [5.41, 5.74) is 9.05. The lowest BCUT2D eigenvalue weighted by molar-refractivity contribution is -0.128. The SMILES string of the molecule is NC(=O)NNC(=O)C1CCOCC1. The minimum atomic E-state index is -0.764. The van der Waals surface area contributed by atoms with E-state index < -0.39 is 6.03 Å². The fourth-order valence-corrected chi connectivity index (χ4v) is 1.19. The normalized spacial score (nSPS) is 17.8. The quantitative estimate of drug-likeness (QED) is 0.465. The molecule has 13 heavy (non-hydrogen) atoms. The summed E-state index contributed by atoms with van der Waals surface area (Å²) >= 11 is 0. The third-order valence-corrected chi connectivity index (χ3v) is 1.90. The van der Waals surface area contributed by atoms with E-state index in [1.165, 1.54) is 0 Å². The molecule has 0 radical (unpaired) electrons. The van der Waals surface area contributed by atoms with Gasteiger partial charge in [-0.1, -0.05) is 0 Å². The van der Waals surface area contributed by atoms with Crippen LogP contribution in [0.1, 0.15) is 12.8 Å². The lowest BCUT2D eigenvalue weighted by Gasteiger charge is -2.20. The van der Waals surface area contributed by atoms with Gasteiger partial charge in [-0.05, 0) is 12.8 Å². The van der Waals surface area contributed by atoms with Crippen molar-refractivity contribution in [3.63, 3.8) is 0 Å². The number of urea groups is 1. The summed E-state index contributed by atoms with van der Waals surface area (Å²) in [6.45, 7) is 1.18. The number of amides is 3. The smallest absolute Gasteiger partial charge is 0.330 e. The zero-order chi connectivity index (χ0) is 9.68. The minimum Gasteiger partial charge on any atom is -0.381 e. The Kier molecular flexibility index (Phi) is 3.51. The van der Waals surface area contributed by atoms with Crippen molar-refractivity contribution in [2.45, 2.75) is 12.8 Å². The lowest BCUT2D eigenvalue weighted by Crippen LogP contribution is -2.47. The zero-order valence-corrected chi connectivity index (χ0v) is 7.21. The number of nitrogens with two attached hydrogens (primary N) is 1. The molecule has 0 bridgehead atoms. The number of hydrazine groups is 1. The van der Waals surface area contributed by atoms with Gasteiger partial charge in [-0.25, -0.2) is 10.2 Å². The Morgan fingerprint density at radius 1 is 1.23 bits per heavy atom. The highest BCUT2D eigenvalue weighted by Crippen LogP contribution is 2.13. The monoisotopic (exact) mass is 187 g/mol. The van der Waals surface area contributed by atoms with Crippen molar-refractivity contribution < 1.29 is 14.3 Å². The molecule has 0 aromatic heterocycles. The molecular formula is C7H13N3O3. The number of hydrogen-bond acceptors (Lipinski definition) is 3. The third kappa shape index (κ3) is 3.29. The van der Waals surface area contributed by atoms with Crippen LogP contribution in [0.4, 0.5) is 4.79 Å². The molecule has 0 aromatic rings. The van der Waals surface area contributed by atoms with E-state index in [-0.39, 0.29) is 11.8 Å². The second kappa shape index (κ2) is 4.66. The Morgan fingerprint density at radius 3 is 2.38 bits per heavy atom. The lowest BCUT2D eigenvalue weighted by atomic mass is 10.00. The number of nitrogens with one attached hydrogen (secondary N) is 2. The highest BCUT2D eigenvalue weighted by Gasteiger charge is 2.21. The Morgan fingerprint density at radius 2 is 1.85 bits per heavy atom. The predicted molar refractivity (Wildman–Crippen MR) is 44.4 cm³/mol. The number of carbonyl (C=O) groups excluding carboxylic acids is 2. The van der Waals surface area contributed by atoms with Gasteiger partial charge >= 0.3 is 6.03 Å². The van der Waals surface area contributed by atoms with Crippen molar-refractivity contribution in [3.05, 3.63) is 0 Å². The summed E-state index contributed by atoms with van der Waals surface area (Å²) in [5.74, 6) is -0.289. The number of ether oxygens (including phenoxy) is 1. The van der Waals surface area contributed by atoms with Crippen molar-refractivity contribution in [1.29, 1.82) is 0 Å². The molecule has 4 N–H and O–H groups in total. The second-order valence-electron chi connectivity index (χ2n) is 2.87. The molecule has 1 fully saturated rings. The van der Waals surface area contributed by atoms with Crippen LogP contribution in [0.5, 0.6) is 0 Å². The van der Waals surface area contributed by atoms with Crippen molar-refractivity contribution in [2.75, 3.05) is 13.2 Å². The highest BCUT2D eigenvalue weighted by molar-refractivity contribution is 5.82. The van der Waals surface area contributed by atoms with Crippen molar-refractivity contribution in [2.24, 2.45) is 11.7 Å². The minimum absolute atomic E-state index is 0.0828. The summed E-state index contributed by atoms with van der Waals surface area (Å²) in [6.07, 6.45) is 1.37. The maximum atomic E-state index is 11.3. The molecule has 1 aliphatic heterocycles. The molecule has 1 rings (SSSR count). The van der Waals surface area contributed by atoms with Crippen molar-refractivity contribution in [1.82, 2.24) is 10.9 Å². The van der Waals surface area contributed by atoms with Crippen LogP contribution in [-0.2, 0) is 9.53 Å². The predicted octanol–water partition coefficient (Wildman–Crippen LogP) is -0.888. The van der Waals surface area contributed by atoms with Crippen LogP contribution in [0.3, 0.4) is 0 Å². The average molecular weight is 187 g/mol. The van der Waals surface area contributed by atoms with Gasteiger partial charge in [-0.15, -0.1) is 0 Å². The molecule has 0 saturated carbocycles. The van der Waals surface area contributed by atoms with E-state index in [1.54, 1.807) is 0 Å². The van der Waals surface area contributed by atoms with E-state index in [0.29, 0.717) is 26.1 Å². The van der Waals surface area contributed by atoms with Gasteiger partial charge in [-0.2, -0.15) is 0 Å². The van der Waals surface area contributed by atoms with Crippen molar-refractivity contribution in [3.8, 4) is 0 Å². The van der Waals surface area contributed by atoms with Crippen LogP contribution in [0.15, 0.2) is 0 Å². The fourth-order valence-electron chi connectivity index (χ4n) is 1.19. The molecule has 1 saturated heterocycles. The van der Waals surface area contributed by atoms with Gasteiger partial charge in [-0.3, -0.25) is 10.2 Å². The number of carbonyl (C=O) groups is 2. The van der Waals surface area contributed by atoms with Crippen molar-refractivity contribution >= 4 is 11.9 Å². The van der Waals surface area contributed by atoms with Gasteiger partial charge in [0.25, 0.3) is 0 Å². The maximum Gasteiger partial charge on any atom is 0.330 e. The largest absolute Gasteiger partial charge is 0.381 e. The number of primary amides is 1. The molecule has 1 heterocycles. The summed E-state index contributed by atoms with van der Waals surface area (Å²) < 4.78 is 5.08. The molecule has 0 spiro atoms. The molecule has 74 valence electrons. The van der Waals surface area contributed by atoms with Gasteiger partial charge in [0.2, 0.25) is 5.91 Å². The van der Waals surface area contributed by atoms with E-state index in [9.17, 15) is 9.59 Å². The van der Waals surface area contributed by atoms with Crippen LogP contribution in [0.25, 0.3) is 0 Å². The van der Waals surface area contributed by atoms with Gasteiger partial charge in [0, 0.05) is 19.1 Å². The second-order valence-corrected chi connectivity index (χ2v) is 2.87. The fraction of sp³-hybridized carbons (Fsp3) is 0.714. The first-order valence-electron chi connectivity index (χ1n) is 4.13. The van der Waals surface area contributed by atoms with Crippen LogP contribution >= 0.6 is 0 Å². The van der Waals surface area contributed by atoms with E-state index in [4.69, 9.17) is 10.5 Å². The average Bonchev–Trinajstić information content (AvgIpc) is 2.15. The molecule has 6 heteroatoms. The molecular weight excluding hydrogens is 174 g/mol. The first kappa shape index (κ1) is 9.79. The van der Waals surface area contributed by atoms with E-state index in [2.05, 4.69) is 5.43 Å². The highest BCUT2D eigenvalue weighted by atomic mass is 16.5. The Labute approximate surface area is 75.8 Å². The molecule has 3 amide bonds. The third-order valence-electron chi connectivity index (χ3n) is 1.90. The molecule has 1 aliphatic rings. The van der Waals surface area contributed by atoms with E-state index >= 15 is 0 Å². The summed E-state index contributed by atoms with van der Waals surface area (Å²) in [7, 11) is 0. The molecule has 0 atom stereocenters. The Bertz CT molecular complexity index is 201. The molecule has 6 nitrogen and oxygen atoms in total. The van der Waals surface area contributed by atoms with E-state index in [1.807, 2.05) is 5.43 Å². The number of rotatable bonds is 1. The first-order valence-corrected chi connectivity index (χ1v) is 4.13. The maximum absolute atomic E-state index is 11.3. The van der Waals surface area contributed by atoms with Crippen LogP contribution in [0, 0.1) is 5.92 Å². The van der Waals surface area contributed by atoms with Gasteiger partial charge in [0.1, 0.15) is 0 Å². The molecule has 0 aromatic carbocycles. The molecule has 0 aliphatic carbocycles. The number of hydrogen-bond donors (Lipinski definition) is 3. The van der Waals surface area contributed by atoms with E-state index in [0.717, 1.165) is 0 Å². The standard InChI is InChI=1S/C7H13N3O3/c8-7(12)10-9-6(11)5-1-3-13-4-2-5/h5H,1-4H2,(H,9,11)(H3,8,10,12). The zero-order valence-electron chi connectivity index (χ0n) is 7.21. The summed E-state index contributed by atoms with van der Waals surface area (Å²) in [4.78, 5) is 21.5. The Hall–Kier alpha value is -1.30. The van der Waals surface area contributed by atoms with Gasteiger partial charge in [0.05, 0.1) is 0 Å². The first-order chi connectivity index (χ1) is 6.20. The van der Waals surface area contributed by atoms with Crippen LogP contribution in [-0.4, -0.2) is 25.2 Å². The Balaban J connectivity index is 2.25. The van der Waals surface area contributed by atoms with Gasteiger partial charge in [0.15, 0.2) is 0 Å². The summed E-state index contributed by atoms with van der Waals surface area (Å²) in [5, 5.41) is 0. The van der Waals surface area contributed by atoms with Gasteiger partial charge < -0.3 is 10.5 Å². The molecule has 0 unspecified atom stereocenters. The summed E-state index contributed by atoms with van der Waals surface area (Å²) in [6, 6.07) is -0.764.